The molecule has 0 radical (unpaired) electrons. The molecule has 7 heteroatoms. The Morgan fingerprint density at radius 2 is 2.04 bits per heavy atom. The number of hydrogen-bond acceptors (Lipinski definition) is 5. The Bertz CT molecular complexity index is 829. The first-order valence-electron chi connectivity index (χ1n) is 9.21. The molecule has 27 heavy (non-hydrogen) atoms. The molecule has 1 amide bonds. The molecule has 0 aliphatic heterocycles. The Morgan fingerprint density at radius 3 is 2.74 bits per heavy atom. The second kappa shape index (κ2) is 8.80. The zero-order chi connectivity index (χ0) is 19.4. The van der Waals surface area contributed by atoms with E-state index >= 15 is 0 Å². The highest BCUT2D eigenvalue weighted by atomic mass is 32.1. The summed E-state index contributed by atoms with van der Waals surface area (Å²) in [6.45, 7) is 1.65. The monoisotopic (exact) mass is 393 g/mol. The minimum absolute atomic E-state index is 0.0913. The van der Waals surface area contributed by atoms with Crippen LogP contribution in [0.1, 0.15) is 54.3 Å². The Kier molecular flexibility index (Phi) is 6.44. The summed E-state index contributed by atoms with van der Waals surface area (Å²) in [6, 6.07) is 4.84. The summed E-state index contributed by atoms with van der Waals surface area (Å²) in [4.78, 5) is 25.3. The first-order chi connectivity index (χ1) is 13.0. The van der Waals surface area contributed by atoms with Crippen molar-refractivity contribution in [3.63, 3.8) is 0 Å². The molecular formula is C20H24FNO4S. The molecular weight excluding hydrogens is 369 g/mol. The maximum atomic E-state index is 14.2. The quantitative estimate of drug-likeness (QED) is 0.748. The molecule has 1 aliphatic rings. The summed E-state index contributed by atoms with van der Waals surface area (Å²) in [5, 5.41) is 3.32. The van der Waals surface area contributed by atoms with E-state index in [1.54, 1.807) is 19.1 Å². The number of rotatable bonds is 6. The predicted octanol–water partition coefficient (Wildman–Crippen LogP) is 4.18. The van der Waals surface area contributed by atoms with Crippen molar-refractivity contribution in [3.8, 4) is 0 Å². The summed E-state index contributed by atoms with van der Waals surface area (Å²) in [7, 11) is 1.49. The van der Waals surface area contributed by atoms with Crippen molar-refractivity contribution in [3.05, 3.63) is 34.5 Å². The molecule has 0 unspecified atom stereocenters. The molecule has 1 atom stereocenters. The van der Waals surface area contributed by atoms with E-state index in [2.05, 4.69) is 5.32 Å². The van der Waals surface area contributed by atoms with Gasteiger partial charge in [0.05, 0.1) is 6.61 Å². The molecule has 1 saturated carbocycles. The number of fused-ring (bicyclic) bond motifs is 1. The lowest BCUT2D eigenvalue weighted by Crippen LogP contribution is -2.42. The number of nitrogens with one attached hydrogen (secondary N) is 1. The molecule has 1 aliphatic carbocycles. The number of ether oxygens (including phenoxy) is 2. The minimum atomic E-state index is -0.912. The van der Waals surface area contributed by atoms with Gasteiger partial charge in [-0.25, -0.2) is 9.18 Å². The highest BCUT2D eigenvalue weighted by Crippen LogP contribution is 2.34. The van der Waals surface area contributed by atoms with Gasteiger partial charge in [-0.1, -0.05) is 25.3 Å². The SMILES string of the molecule is COCc1c(C(=O)O[C@H](C)C(=O)NC2CCCCC2)sc2cccc(F)c12. The fourth-order valence-corrected chi connectivity index (χ4v) is 4.55. The summed E-state index contributed by atoms with van der Waals surface area (Å²) < 4.78 is 25.4. The summed E-state index contributed by atoms with van der Waals surface area (Å²) in [5.74, 6) is -1.33. The van der Waals surface area contributed by atoms with Crippen LogP contribution in [-0.2, 0) is 20.9 Å². The summed E-state index contributed by atoms with van der Waals surface area (Å²) in [5.41, 5.74) is 0.459. The lowest BCUT2D eigenvalue weighted by atomic mass is 9.95. The number of thiophene rings is 1. The van der Waals surface area contributed by atoms with Gasteiger partial charge in [0, 0.05) is 28.8 Å². The van der Waals surface area contributed by atoms with E-state index < -0.39 is 17.9 Å². The van der Waals surface area contributed by atoms with Crippen molar-refractivity contribution >= 4 is 33.3 Å². The van der Waals surface area contributed by atoms with Crippen molar-refractivity contribution in [2.24, 2.45) is 0 Å². The van der Waals surface area contributed by atoms with E-state index in [0.717, 1.165) is 37.0 Å². The Labute approximate surface area is 161 Å². The number of amides is 1. The second-order valence-electron chi connectivity index (χ2n) is 6.85. The van der Waals surface area contributed by atoms with Crippen LogP contribution in [0.25, 0.3) is 10.1 Å². The van der Waals surface area contributed by atoms with Gasteiger partial charge in [-0.15, -0.1) is 11.3 Å². The van der Waals surface area contributed by atoms with Crippen LogP contribution in [0.3, 0.4) is 0 Å². The van der Waals surface area contributed by atoms with Gasteiger partial charge >= 0.3 is 5.97 Å². The molecule has 0 bridgehead atoms. The molecule has 5 nitrogen and oxygen atoms in total. The van der Waals surface area contributed by atoms with E-state index in [1.807, 2.05) is 0 Å². The smallest absolute Gasteiger partial charge is 0.349 e. The zero-order valence-corrected chi connectivity index (χ0v) is 16.4. The van der Waals surface area contributed by atoms with Crippen LogP contribution in [-0.4, -0.2) is 31.1 Å². The Balaban J connectivity index is 1.74. The fourth-order valence-electron chi connectivity index (χ4n) is 3.45. The van der Waals surface area contributed by atoms with E-state index in [9.17, 15) is 14.0 Å². The van der Waals surface area contributed by atoms with E-state index in [0.29, 0.717) is 15.6 Å². The van der Waals surface area contributed by atoms with Crippen LogP contribution < -0.4 is 5.32 Å². The third-order valence-electron chi connectivity index (χ3n) is 4.84. The van der Waals surface area contributed by atoms with E-state index in [1.165, 1.54) is 19.6 Å². The highest BCUT2D eigenvalue weighted by Gasteiger charge is 2.26. The average molecular weight is 393 g/mol. The third-order valence-corrected chi connectivity index (χ3v) is 6.02. The maximum Gasteiger partial charge on any atom is 0.349 e. The molecule has 1 N–H and O–H groups in total. The number of halogens is 1. The first-order valence-corrected chi connectivity index (χ1v) is 10.0. The van der Waals surface area contributed by atoms with Crippen LogP contribution in [0.4, 0.5) is 4.39 Å². The largest absolute Gasteiger partial charge is 0.448 e. The van der Waals surface area contributed by atoms with Gasteiger partial charge < -0.3 is 14.8 Å². The lowest BCUT2D eigenvalue weighted by molar-refractivity contribution is -0.130. The van der Waals surface area contributed by atoms with Gasteiger partial charge in [0.15, 0.2) is 6.10 Å². The topological polar surface area (TPSA) is 64.6 Å². The van der Waals surface area contributed by atoms with Crippen molar-refractivity contribution in [2.75, 3.05) is 7.11 Å². The number of hydrogen-bond donors (Lipinski definition) is 1. The summed E-state index contributed by atoms with van der Waals surface area (Å²) in [6.07, 6.45) is 4.41. The molecule has 0 saturated heterocycles. The number of esters is 1. The molecule has 1 fully saturated rings. The highest BCUT2D eigenvalue weighted by molar-refractivity contribution is 7.21. The lowest BCUT2D eigenvalue weighted by Gasteiger charge is -2.24. The van der Waals surface area contributed by atoms with E-state index in [-0.39, 0.29) is 23.4 Å². The van der Waals surface area contributed by atoms with Crippen LogP contribution in [0.5, 0.6) is 0 Å². The number of benzene rings is 1. The number of carbonyl (C=O) groups excluding carboxylic acids is 2. The van der Waals surface area contributed by atoms with Gasteiger partial charge in [-0.2, -0.15) is 0 Å². The van der Waals surface area contributed by atoms with Gasteiger partial charge in [-0.05, 0) is 31.9 Å². The second-order valence-corrected chi connectivity index (χ2v) is 7.90. The predicted molar refractivity (Wildman–Crippen MR) is 102 cm³/mol. The van der Waals surface area contributed by atoms with Crippen LogP contribution >= 0.6 is 11.3 Å². The standard InChI is InChI=1S/C20H24FNO4S/c1-12(19(23)22-13-7-4-3-5-8-13)26-20(24)18-14(11-25-2)17-15(21)9-6-10-16(17)27-18/h6,9-10,12-13H,3-5,7-8,11H2,1-2H3,(H,22,23)/t12-/m1/s1. The Morgan fingerprint density at radius 1 is 1.30 bits per heavy atom. The molecule has 3 rings (SSSR count). The minimum Gasteiger partial charge on any atom is -0.448 e. The van der Waals surface area contributed by atoms with Gasteiger partial charge in [0.25, 0.3) is 5.91 Å². The molecule has 146 valence electrons. The van der Waals surface area contributed by atoms with Crippen LogP contribution in [0.2, 0.25) is 0 Å². The van der Waals surface area contributed by atoms with Crippen molar-refractivity contribution in [1.82, 2.24) is 5.32 Å². The molecule has 1 heterocycles. The molecule has 1 aromatic heterocycles. The molecule has 2 aromatic rings. The van der Waals surface area contributed by atoms with Gasteiger partial charge in [0.1, 0.15) is 10.7 Å². The fraction of sp³-hybridized carbons (Fsp3) is 0.500. The van der Waals surface area contributed by atoms with Gasteiger partial charge in [-0.3, -0.25) is 4.79 Å². The summed E-state index contributed by atoms with van der Waals surface area (Å²) >= 11 is 1.15. The maximum absolute atomic E-state index is 14.2. The molecule has 0 spiro atoms. The average Bonchev–Trinajstić information content (AvgIpc) is 3.03. The van der Waals surface area contributed by atoms with Gasteiger partial charge in [0.2, 0.25) is 0 Å². The number of carbonyl (C=O) groups is 2. The molecule has 1 aromatic carbocycles. The normalized spacial score (nSPS) is 16.3. The zero-order valence-electron chi connectivity index (χ0n) is 15.5. The van der Waals surface area contributed by atoms with Crippen molar-refractivity contribution in [2.45, 2.75) is 57.8 Å². The van der Waals surface area contributed by atoms with Crippen molar-refractivity contribution < 1.29 is 23.5 Å². The van der Waals surface area contributed by atoms with Crippen LogP contribution in [0.15, 0.2) is 18.2 Å². The van der Waals surface area contributed by atoms with E-state index in [4.69, 9.17) is 9.47 Å². The third kappa shape index (κ3) is 4.47. The Hall–Kier alpha value is -1.99. The van der Waals surface area contributed by atoms with Crippen LogP contribution in [0, 0.1) is 5.82 Å². The first kappa shape index (κ1) is 19.8. The van der Waals surface area contributed by atoms with Crippen molar-refractivity contribution in [1.29, 1.82) is 0 Å². The number of methoxy groups -OCH3 is 1.